The summed E-state index contributed by atoms with van der Waals surface area (Å²) >= 11 is 0. The molecule has 1 saturated heterocycles. The molecule has 0 spiro atoms. The third-order valence-electron chi connectivity index (χ3n) is 6.20. The average Bonchev–Trinajstić information content (AvgIpc) is 3.37. The number of likely N-dealkylation sites (tertiary alicyclic amines) is 1. The highest BCUT2D eigenvalue weighted by molar-refractivity contribution is 4.95. The molecule has 3 unspecified atom stereocenters. The van der Waals surface area contributed by atoms with Gasteiger partial charge in [-0.1, -0.05) is 12.8 Å². The molecule has 3 aliphatic carbocycles. The Labute approximate surface area is 129 Å². The largest absolute Gasteiger partial charge is 0.393 e. The molecule has 0 aromatic carbocycles. The SMILES string of the molecule is OC(CC1CC(NC2CCCC2)CN(C2CC2)C1)C1CC1. The summed E-state index contributed by atoms with van der Waals surface area (Å²) in [5, 5.41) is 14.3. The first-order chi connectivity index (χ1) is 10.3. The molecule has 3 nitrogen and oxygen atoms in total. The maximum Gasteiger partial charge on any atom is 0.0571 e. The van der Waals surface area contributed by atoms with E-state index in [1.807, 2.05) is 0 Å². The first-order valence-corrected chi connectivity index (χ1v) is 9.46. The Hall–Kier alpha value is -0.120. The Balaban J connectivity index is 1.33. The molecule has 4 fully saturated rings. The maximum absolute atomic E-state index is 10.3. The van der Waals surface area contributed by atoms with Crippen LogP contribution in [0.3, 0.4) is 0 Å². The zero-order chi connectivity index (χ0) is 14.2. The van der Waals surface area contributed by atoms with Gasteiger partial charge in [-0.15, -0.1) is 0 Å². The van der Waals surface area contributed by atoms with E-state index in [0.29, 0.717) is 17.9 Å². The van der Waals surface area contributed by atoms with Gasteiger partial charge in [0.1, 0.15) is 0 Å². The van der Waals surface area contributed by atoms with Gasteiger partial charge in [-0.3, -0.25) is 4.90 Å². The number of hydrogen-bond donors (Lipinski definition) is 2. The molecule has 0 aromatic rings. The lowest BCUT2D eigenvalue weighted by Crippen LogP contribution is -2.52. The Morgan fingerprint density at radius 3 is 2.38 bits per heavy atom. The van der Waals surface area contributed by atoms with Crippen molar-refractivity contribution in [3.05, 3.63) is 0 Å². The van der Waals surface area contributed by atoms with Crippen molar-refractivity contribution >= 4 is 0 Å². The lowest BCUT2D eigenvalue weighted by molar-refractivity contribution is 0.0696. The highest BCUT2D eigenvalue weighted by Crippen LogP contribution is 2.38. The molecule has 3 saturated carbocycles. The van der Waals surface area contributed by atoms with E-state index in [1.165, 1.54) is 70.9 Å². The first-order valence-electron chi connectivity index (χ1n) is 9.46. The molecule has 0 bridgehead atoms. The number of nitrogens with zero attached hydrogens (tertiary/aromatic N) is 1. The van der Waals surface area contributed by atoms with Gasteiger partial charge in [0.05, 0.1) is 6.10 Å². The quantitative estimate of drug-likeness (QED) is 0.790. The second-order valence-electron chi connectivity index (χ2n) is 8.27. The standard InChI is InChI=1S/C18H32N2O/c21-18(14-5-6-14)10-13-9-16(19-15-3-1-2-4-15)12-20(11-13)17-7-8-17/h13-19,21H,1-12H2. The summed E-state index contributed by atoms with van der Waals surface area (Å²) in [6.45, 7) is 2.51. The number of piperidine rings is 1. The molecule has 1 aliphatic heterocycles. The zero-order valence-corrected chi connectivity index (χ0v) is 13.3. The van der Waals surface area contributed by atoms with Crippen molar-refractivity contribution in [2.75, 3.05) is 13.1 Å². The summed E-state index contributed by atoms with van der Waals surface area (Å²) in [7, 11) is 0. The van der Waals surface area contributed by atoms with E-state index in [9.17, 15) is 5.11 Å². The van der Waals surface area contributed by atoms with Crippen LogP contribution in [-0.4, -0.2) is 47.3 Å². The minimum absolute atomic E-state index is 0.0127. The van der Waals surface area contributed by atoms with Gasteiger partial charge in [-0.25, -0.2) is 0 Å². The van der Waals surface area contributed by atoms with Gasteiger partial charge in [-0.05, 0) is 63.2 Å². The van der Waals surface area contributed by atoms with Crippen LogP contribution in [0.4, 0.5) is 0 Å². The normalized spacial score (nSPS) is 37.0. The molecule has 0 amide bonds. The van der Waals surface area contributed by atoms with Crippen molar-refractivity contribution < 1.29 is 5.11 Å². The average molecular weight is 292 g/mol. The second-order valence-corrected chi connectivity index (χ2v) is 8.27. The molecule has 0 aromatic heterocycles. The third-order valence-corrected chi connectivity index (χ3v) is 6.20. The summed E-state index contributed by atoms with van der Waals surface area (Å²) in [5.41, 5.74) is 0. The number of aliphatic hydroxyl groups is 1. The van der Waals surface area contributed by atoms with Crippen LogP contribution >= 0.6 is 0 Å². The summed E-state index contributed by atoms with van der Waals surface area (Å²) in [5.74, 6) is 1.36. The Morgan fingerprint density at radius 1 is 0.952 bits per heavy atom. The van der Waals surface area contributed by atoms with Gasteiger partial charge in [0.2, 0.25) is 0 Å². The van der Waals surface area contributed by atoms with Crippen LogP contribution in [-0.2, 0) is 0 Å². The minimum Gasteiger partial charge on any atom is -0.393 e. The van der Waals surface area contributed by atoms with Crippen molar-refractivity contribution in [3.8, 4) is 0 Å². The maximum atomic E-state index is 10.3. The monoisotopic (exact) mass is 292 g/mol. The molecule has 1 heterocycles. The highest BCUT2D eigenvalue weighted by Gasteiger charge is 2.39. The predicted octanol–water partition coefficient (Wildman–Crippen LogP) is 2.53. The van der Waals surface area contributed by atoms with Crippen LogP contribution in [0.15, 0.2) is 0 Å². The van der Waals surface area contributed by atoms with Gasteiger partial charge >= 0.3 is 0 Å². The molecule has 120 valence electrons. The van der Waals surface area contributed by atoms with E-state index in [1.54, 1.807) is 0 Å². The van der Waals surface area contributed by atoms with Crippen LogP contribution in [0.25, 0.3) is 0 Å². The number of aliphatic hydroxyl groups excluding tert-OH is 1. The van der Waals surface area contributed by atoms with Crippen molar-refractivity contribution in [3.63, 3.8) is 0 Å². The van der Waals surface area contributed by atoms with Crippen molar-refractivity contribution in [1.29, 1.82) is 0 Å². The molecule has 4 rings (SSSR count). The molecule has 3 atom stereocenters. The van der Waals surface area contributed by atoms with Crippen LogP contribution in [0.1, 0.15) is 64.2 Å². The first kappa shape index (κ1) is 14.5. The Kier molecular flexibility index (Phi) is 4.25. The zero-order valence-electron chi connectivity index (χ0n) is 13.3. The van der Waals surface area contributed by atoms with Gasteiger partial charge in [0.15, 0.2) is 0 Å². The van der Waals surface area contributed by atoms with Gasteiger partial charge in [0, 0.05) is 31.2 Å². The second kappa shape index (κ2) is 6.17. The van der Waals surface area contributed by atoms with Crippen LogP contribution in [0.2, 0.25) is 0 Å². The predicted molar refractivity (Wildman–Crippen MR) is 85.2 cm³/mol. The van der Waals surface area contributed by atoms with E-state index >= 15 is 0 Å². The topological polar surface area (TPSA) is 35.5 Å². The van der Waals surface area contributed by atoms with E-state index < -0.39 is 0 Å². The third kappa shape index (κ3) is 3.80. The lowest BCUT2D eigenvalue weighted by atomic mass is 9.88. The smallest absolute Gasteiger partial charge is 0.0571 e. The summed E-state index contributed by atoms with van der Waals surface area (Å²) in [6.07, 6.45) is 13.3. The summed E-state index contributed by atoms with van der Waals surface area (Å²) < 4.78 is 0. The molecule has 2 N–H and O–H groups in total. The number of nitrogens with one attached hydrogen (secondary N) is 1. The van der Waals surface area contributed by atoms with Gasteiger partial charge < -0.3 is 10.4 Å². The van der Waals surface area contributed by atoms with Crippen LogP contribution in [0.5, 0.6) is 0 Å². The molecule has 0 radical (unpaired) electrons. The Morgan fingerprint density at radius 2 is 1.71 bits per heavy atom. The highest BCUT2D eigenvalue weighted by atomic mass is 16.3. The summed E-state index contributed by atoms with van der Waals surface area (Å²) in [4.78, 5) is 2.74. The van der Waals surface area contributed by atoms with Gasteiger partial charge in [-0.2, -0.15) is 0 Å². The fourth-order valence-corrected chi connectivity index (χ4v) is 4.71. The van der Waals surface area contributed by atoms with E-state index in [4.69, 9.17) is 0 Å². The fourth-order valence-electron chi connectivity index (χ4n) is 4.71. The molecule has 3 heteroatoms. The van der Waals surface area contributed by atoms with Crippen LogP contribution < -0.4 is 5.32 Å². The Bertz CT molecular complexity index is 331. The van der Waals surface area contributed by atoms with E-state index in [-0.39, 0.29) is 6.10 Å². The molecular weight excluding hydrogens is 260 g/mol. The van der Waals surface area contributed by atoms with Crippen LogP contribution in [0, 0.1) is 11.8 Å². The molecule has 4 aliphatic rings. The van der Waals surface area contributed by atoms with Gasteiger partial charge in [0.25, 0.3) is 0 Å². The number of rotatable bonds is 6. The fraction of sp³-hybridized carbons (Fsp3) is 1.00. The lowest BCUT2D eigenvalue weighted by Gasteiger charge is -2.40. The van der Waals surface area contributed by atoms with Crippen molar-refractivity contribution in [1.82, 2.24) is 10.2 Å². The molecular formula is C18H32N2O. The van der Waals surface area contributed by atoms with E-state index in [2.05, 4.69) is 10.2 Å². The van der Waals surface area contributed by atoms with Crippen molar-refractivity contribution in [2.45, 2.75) is 88.4 Å². The number of hydrogen-bond acceptors (Lipinski definition) is 3. The summed E-state index contributed by atoms with van der Waals surface area (Å²) in [6, 6.07) is 2.33. The van der Waals surface area contributed by atoms with E-state index in [0.717, 1.165) is 18.5 Å². The van der Waals surface area contributed by atoms with Crippen molar-refractivity contribution in [2.24, 2.45) is 11.8 Å². The minimum atomic E-state index is -0.0127. The molecule has 21 heavy (non-hydrogen) atoms.